The van der Waals surface area contributed by atoms with Gasteiger partial charge in [-0.15, -0.1) is 0 Å². The molecule has 0 N–H and O–H groups in total. The van der Waals surface area contributed by atoms with E-state index in [1.165, 1.54) is 6.61 Å². The molecule has 0 bridgehead atoms. The van der Waals surface area contributed by atoms with E-state index in [1.807, 2.05) is 39.8 Å². The van der Waals surface area contributed by atoms with Gasteiger partial charge in [0.25, 0.3) is 0 Å². The number of hydrogen-bond donors (Lipinski definition) is 0. The Hall–Kier alpha value is -1.35. The third-order valence-electron chi connectivity index (χ3n) is 2.06. The molecule has 1 rings (SSSR count). The average molecular weight is 221 g/mol. The first-order valence-electron chi connectivity index (χ1n) is 5.29. The van der Waals surface area contributed by atoms with Gasteiger partial charge in [0.15, 0.2) is 0 Å². The Bertz CT molecular complexity index is 369. The van der Waals surface area contributed by atoms with Crippen LogP contribution in [0.5, 0.6) is 0 Å². The number of carbonyl (C=O) groups excluding carboxylic acids is 1. The Balaban J connectivity index is 2.62. The van der Waals surface area contributed by atoms with Crippen LogP contribution >= 0.6 is 0 Å². The van der Waals surface area contributed by atoms with Gasteiger partial charge in [0.1, 0.15) is 6.61 Å². The molecule has 0 heterocycles. The molecule has 87 valence electrons. The number of benzene rings is 1. The highest BCUT2D eigenvalue weighted by atomic mass is 17.2. The van der Waals surface area contributed by atoms with Gasteiger partial charge < -0.3 is 0 Å². The zero-order chi connectivity index (χ0) is 12.1. The van der Waals surface area contributed by atoms with Crippen molar-refractivity contribution in [2.75, 3.05) is 0 Å². The van der Waals surface area contributed by atoms with Gasteiger partial charge in [-0.3, -0.25) is 4.89 Å². The summed E-state index contributed by atoms with van der Waals surface area (Å²) in [6.07, 6.45) is 0. The van der Waals surface area contributed by atoms with Crippen molar-refractivity contribution in [3.8, 4) is 0 Å². The Morgan fingerprint density at radius 1 is 1.31 bits per heavy atom. The minimum Gasteiger partial charge on any atom is -0.292 e. The van der Waals surface area contributed by atoms with E-state index < -0.39 is 5.97 Å². The fraction of sp³-hybridized carbons (Fsp3) is 0.385. The first kappa shape index (κ1) is 12.7. The molecule has 0 spiro atoms. The first-order valence-corrected chi connectivity index (χ1v) is 5.29. The largest absolute Gasteiger partial charge is 0.373 e. The molecule has 0 unspecified atom stereocenters. The predicted octanol–water partition coefficient (Wildman–Crippen LogP) is 3.21. The quantitative estimate of drug-likeness (QED) is 0.578. The van der Waals surface area contributed by atoms with Gasteiger partial charge in [-0.05, 0) is 31.4 Å². The summed E-state index contributed by atoms with van der Waals surface area (Å²) >= 11 is 0. The molecule has 0 saturated carbocycles. The van der Waals surface area contributed by atoms with Gasteiger partial charge in [-0.25, -0.2) is 4.79 Å². The predicted molar refractivity (Wildman–Crippen MR) is 61.6 cm³/mol. The van der Waals surface area contributed by atoms with Crippen LogP contribution in [0.3, 0.4) is 0 Å². The zero-order valence-corrected chi connectivity index (χ0v) is 10.1. The first-order chi connectivity index (χ1) is 7.50. The summed E-state index contributed by atoms with van der Waals surface area (Å²) in [5.41, 5.74) is 2.44. The third-order valence-corrected chi connectivity index (χ3v) is 2.06. The molecule has 0 aliphatic carbocycles. The van der Waals surface area contributed by atoms with E-state index in [4.69, 9.17) is 4.89 Å². The fourth-order valence-corrected chi connectivity index (χ4v) is 1.18. The summed E-state index contributed by atoms with van der Waals surface area (Å²) in [6, 6.07) is 5.63. The van der Waals surface area contributed by atoms with Crippen LogP contribution < -0.4 is 0 Å². The standard InChI is InChI=1S/C13H17O3/c1-9(2)8-15-16-13(14)12-7-10(3)5-6-11(12)4/h5-9H,1-4H3. The monoisotopic (exact) mass is 221 g/mol. The van der Waals surface area contributed by atoms with Gasteiger partial charge in [0.2, 0.25) is 0 Å². The lowest BCUT2D eigenvalue weighted by Crippen LogP contribution is -2.08. The van der Waals surface area contributed by atoms with Gasteiger partial charge in [0.05, 0.1) is 5.56 Å². The molecule has 0 atom stereocenters. The highest BCUT2D eigenvalue weighted by Crippen LogP contribution is 2.12. The van der Waals surface area contributed by atoms with Crippen LogP contribution in [0, 0.1) is 26.4 Å². The second-order valence-corrected chi connectivity index (χ2v) is 4.17. The van der Waals surface area contributed by atoms with Crippen molar-refractivity contribution in [1.29, 1.82) is 0 Å². The molecule has 0 fully saturated rings. The van der Waals surface area contributed by atoms with E-state index in [2.05, 4.69) is 4.89 Å². The normalized spacial score (nSPS) is 10.6. The molecule has 1 aromatic rings. The van der Waals surface area contributed by atoms with E-state index in [0.29, 0.717) is 5.56 Å². The number of aryl methyl sites for hydroxylation is 2. The van der Waals surface area contributed by atoms with Crippen LogP contribution in [-0.2, 0) is 9.78 Å². The topological polar surface area (TPSA) is 35.5 Å². The zero-order valence-electron chi connectivity index (χ0n) is 10.1. The van der Waals surface area contributed by atoms with Crippen molar-refractivity contribution >= 4 is 5.97 Å². The Morgan fingerprint density at radius 2 is 2.00 bits per heavy atom. The van der Waals surface area contributed by atoms with Crippen LogP contribution in [0.1, 0.15) is 35.3 Å². The lowest BCUT2D eigenvalue weighted by molar-refractivity contribution is -0.217. The van der Waals surface area contributed by atoms with Crippen molar-refractivity contribution in [2.45, 2.75) is 27.7 Å². The molecule has 1 aromatic carbocycles. The fourth-order valence-electron chi connectivity index (χ4n) is 1.18. The number of rotatable bonds is 4. The summed E-state index contributed by atoms with van der Waals surface area (Å²) < 4.78 is 0. The van der Waals surface area contributed by atoms with Crippen LogP contribution in [0.2, 0.25) is 0 Å². The summed E-state index contributed by atoms with van der Waals surface area (Å²) in [6.45, 7) is 9.14. The summed E-state index contributed by atoms with van der Waals surface area (Å²) in [5.74, 6) is -0.246. The molecule has 0 aliphatic rings. The average Bonchev–Trinajstić information content (AvgIpc) is 2.21. The third kappa shape index (κ3) is 3.66. The van der Waals surface area contributed by atoms with Crippen LogP contribution in [0.25, 0.3) is 0 Å². The molecule has 0 amide bonds. The highest BCUT2D eigenvalue weighted by Gasteiger charge is 2.12. The van der Waals surface area contributed by atoms with Crippen LogP contribution in [-0.4, -0.2) is 5.97 Å². The molecular formula is C13H17O3. The SMILES string of the molecule is Cc1ccc(C)c(C(=O)OO[CH]C(C)C)c1. The van der Waals surface area contributed by atoms with Gasteiger partial charge in [-0.1, -0.05) is 31.5 Å². The molecule has 3 nitrogen and oxygen atoms in total. The molecule has 1 radical (unpaired) electrons. The highest BCUT2D eigenvalue weighted by molar-refractivity contribution is 5.90. The Kier molecular flexibility index (Phi) is 4.50. The summed E-state index contributed by atoms with van der Waals surface area (Å²) in [7, 11) is 0. The molecule has 0 saturated heterocycles. The maximum Gasteiger partial charge on any atom is 0.373 e. The van der Waals surface area contributed by atoms with E-state index in [1.54, 1.807) is 6.07 Å². The van der Waals surface area contributed by atoms with Gasteiger partial charge in [0, 0.05) is 0 Å². The molecule has 16 heavy (non-hydrogen) atoms. The van der Waals surface area contributed by atoms with Crippen LogP contribution in [0.15, 0.2) is 18.2 Å². The van der Waals surface area contributed by atoms with E-state index in [-0.39, 0.29) is 5.92 Å². The minimum absolute atomic E-state index is 0.214. The summed E-state index contributed by atoms with van der Waals surface area (Å²) in [4.78, 5) is 21.0. The lowest BCUT2D eigenvalue weighted by Gasteiger charge is -2.07. The van der Waals surface area contributed by atoms with Gasteiger partial charge >= 0.3 is 5.97 Å². The van der Waals surface area contributed by atoms with Gasteiger partial charge in [-0.2, -0.15) is 4.89 Å². The minimum atomic E-state index is -0.460. The maximum atomic E-state index is 11.6. The second kappa shape index (κ2) is 5.66. The Labute approximate surface area is 96.3 Å². The lowest BCUT2D eigenvalue weighted by atomic mass is 10.1. The van der Waals surface area contributed by atoms with E-state index in [0.717, 1.165) is 11.1 Å². The van der Waals surface area contributed by atoms with Crippen molar-refractivity contribution in [3.05, 3.63) is 41.5 Å². The molecular weight excluding hydrogens is 204 g/mol. The summed E-state index contributed by atoms with van der Waals surface area (Å²) in [5, 5.41) is 0. The van der Waals surface area contributed by atoms with Crippen molar-refractivity contribution in [2.24, 2.45) is 5.92 Å². The molecule has 3 heteroatoms. The molecule has 0 aromatic heterocycles. The van der Waals surface area contributed by atoms with E-state index >= 15 is 0 Å². The maximum absolute atomic E-state index is 11.6. The molecule has 0 aliphatic heterocycles. The Morgan fingerprint density at radius 3 is 2.62 bits per heavy atom. The van der Waals surface area contributed by atoms with Crippen molar-refractivity contribution in [1.82, 2.24) is 0 Å². The number of hydrogen-bond acceptors (Lipinski definition) is 3. The van der Waals surface area contributed by atoms with Crippen molar-refractivity contribution < 1.29 is 14.6 Å². The number of carbonyl (C=O) groups is 1. The van der Waals surface area contributed by atoms with Crippen LogP contribution in [0.4, 0.5) is 0 Å². The smallest absolute Gasteiger partial charge is 0.292 e. The van der Waals surface area contributed by atoms with E-state index in [9.17, 15) is 4.79 Å². The second-order valence-electron chi connectivity index (χ2n) is 4.17. The van der Waals surface area contributed by atoms with Crippen molar-refractivity contribution in [3.63, 3.8) is 0 Å².